The topological polar surface area (TPSA) is 77.7 Å². The van der Waals surface area contributed by atoms with Crippen molar-refractivity contribution >= 4 is 17.7 Å². The first-order valence-electron chi connectivity index (χ1n) is 9.14. The smallest absolute Gasteiger partial charge is 0.277 e. The Morgan fingerprint density at radius 3 is 2.89 bits per heavy atom. The van der Waals surface area contributed by atoms with Gasteiger partial charge < -0.3 is 18.8 Å². The summed E-state index contributed by atoms with van der Waals surface area (Å²) >= 11 is 1.27. The van der Waals surface area contributed by atoms with Gasteiger partial charge in [0.2, 0.25) is 5.91 Å². The molecule has 1 aromatic heterocycles. The Labute approximate surface area is 163 Å². The number of carbonyl (C=O) groups is 1. The van der Waals surface area contributed by atoms with Gasteiger partial charge in [-0.15, -0.1) is 10.2 Å². The Kier molecular flexibility index (Phi) is 6.60. The monoisotopic (exact) mass is 391 g/mol. The zero-order valence-electron chi connectivity index (χ0n) is 15.9. The summed E-state index contributed by atoms with van der Waals surface area (Å²) in [6, 6.07) is 5.73. The number of hydrogen-bond acceptors (Lipinski definition) is 7. The van der Waals surface area contributed by atoms with E-state index in [4.69, 9.17) is 13.9 Å². The first-order chi connectivity index (χ1) is 13.2. The summed E-state index contributed by atoms with van der Waals surface area (Å²) in [6.07, 6.45) is 4.36. The van der Waals surface area contributed by atoms with Crippen LogP contribution in [-0.2, 0) is 4.79 Å². The molecule has 0 aliphatic carbocycles. The molecule has 0 bridgehead atoms. The third-order valence-electron chi connectivity index (χ3n) is 4.78. The summed E-state index contributed by atoms with van der Waals surface area (Å²) in [7, 11) is 3.18. The van der Waals surface area contributed by atoms with Gasteiger partial charge in [-0.05, 0) is 43.9 Å². The van der Waals surface area contributed by atoms with Crippen molar-refractivity contribution in [3.8, 4) is 23.0 Å². The van der Waals surface area contributed by atoms with Gasteiger partial charge in [-0.25, -0.2) is 0 Å². The number of benzene rings is 1. The Morgan fingerprint density at radius 1 is 1.30 bits per heavy atom. The second-order valence-electron chi connectivity index (χ2n) is 6.37. The van der Waals surface area contributed by atoms with Crippen LogP contribution in [0, 0.1) is 0 Å². The lowest BCUT2D eigenvalue weighted by Crippen LogP contribution is -2.44. The van der Waals surface area contributed by atoms with Gasteiger partial charge in [0.25, 0.3) is 11.1 Å². The van der Waals surface area contributed by atoms with Crippen LogP contribution >= 0.6 is 11.8 Å². The first kappa shape index (κ1) is 19.5. The molecule has 1 aliphatic heterocycles. The average molecular weight is 391 g/mol. The van der Waals surface area contributed by atoms with Crippen LogP contribution in [0.15, 0.2) is 27.8 Å². The molecule has 27 heavy (non-hydrogen) atoms. The first-order valence-corrected chi connectivity index (χ1v) is 10.1. The van der Waals surface area contributed by atoms with E-state index in [9.17, 15) is 4.79 Å². The van der Waals surface area contributed by atoms with Crippen molar-refractivity contribution in [3.05, 3.63) is 18.2 Å². The number of carbonyl (C=O) groups excluding carboxylic acids is 1. The van der Waals surface area contributed by atoms with Gasteiger partial charge in [-0.2, -0.15) is 0 Å². The largest absolute Gasteiger partial charge is 0.497 e. The third-order valence-corrected chi connectivity index (χ3v) is 5.58. The molecule has 3 rings (SSSR count). The fourth-order valence-corrected chi connectivity index (χ4v) is 3.97. The maximum Gasteiger partial charge on any atom is 0.277 e. The predicted molar refractivity (Wildman–Crippen MR) is 103 cm³/mol. The minimum absolute atomic E-state index is 0.130. The van der Waals surface area contributed by atoms with Gasteiger partial charge in [0, 0.05) is 12.6 Å². The lowest BCUT2D eigenvalue weighted by Gasteiger charge is -2.35. The van der Waals surface area contributed by atoms with Crippen LogP contribution in [0.5, 0.6) is 11.5 Å². The number of methoxy groups -OCH3 is 2. The summed E-state index contributed by atoms with van der Waals surface area (Å²) in [5.74, 6) is 2.05. The van der Waals surface area contributed by atoms with Gasteiger partial charge in [0.1, 0.15) is 11.5 Å². The number of ether oxygens (including phenoxy) is 2. The highest BCUT2D eigenvalue weighted by Crippen LogP contribution is 2.34. The Hall–Kier alpha value is -2.22. The van der Waals surface area contributed by atoms with E-state index >= 15 is 0 Å². The predicted octanol–water partition coefficient (Wildman–Crippen LogP) is 3.64. The summed E-state index contributed by atoms with van der Waals surface area (Å²) in [6.45, 7) is 2.98. The van der Waals surface area contributed by atoms with E-state index in [1.807, 2.05) is 4.90 Å². The number of amides is 1. The van der Waals surface area contributed by atoms with Crippen LogP contribution in [0.25, 0.3) is 11.5 Å². The standard InChI is InChI=1S/C19H25N3O4S/c1-4-13-7-5-6-10-22(13)17(23)12-27-19-21-20-18(26-19)15-11-14(24-2)8-9-16(15)25-3/h8-9,11,13H,4-7,10,12H2,1-3H3. The molecule has 1 aromatic carbocycles. The molecule has 0 N–H and O–H groups in total. The third kappa shape index (κ3) is 4.55. The zero-order valence-corrected chi connectivity index (χ0v) is 16.8. The molecule has 2 aromatic rings. The van der Waals surface area contributed by atoms with Crippen LogP contribution in [0.1, 0.15) is 32.6 Å². The highest BCUT2D eigenvalue weighted by molar-refractivity contribution is 7.99. The molecule has 2 heterocycles. The van der Waals surface area contributed by atoms with E-state index < -0.39 is 0 Å². The summed E-state index contributed by atoms with van der Waals surface area (Å²) in [5.41, 5.74) is 0.657. The second kappa shape index (κ2) is 9.12. The molecule has 1 amide bonds. The van der Waals surface area contributed by atoms with Gasteiger partial charge >= 0.3 is 0 Å². The van der Waals surface area contributed by atoms with E-state index in [0.29, 0.717) is 40.0 Å². The Morgan fingerprint density at radius 2 is 2.15 bits per heavy atom. The number of piperidine rings is 1. The van der Waals surface area contributed by atoms with Crippen molar-refractivity contribution in [2.75, 3.05) is 26.5 Å². The number of hydrogen-bond donors (Lipinski definition) is 0. The minimum Gasteiger partial charge on any atom is -0.497 e. The van der Waals surface area contributed by atoms with Crippen molar-refractivity contribution in [3.63, 3.8) is 0 Å². The summed E-state index contributed by atoms with van der Waals surface area (Å²) in [5, 5.41) is 8.52. The highest BCUT2D eigenvalue weighted by Gasteiger charge is 2.25. The van der Waals surface area contributed by atoms with E-state index in [1.165, 1.54) is 18.2 Å². The SMILES string of the molecule is CCC1CCCCN1C(=O)CSc1nnc(-c2cc(OC)ccc2OC)o1. The summed E-state index contributed by atoms with van der Waals surface area (Å²) < 4.78 is 16.3. The quantitative estimate of drug-likeness (QED) is 0.667. The Balaban J connectivity index is 1.67. The zero-order chi connectivity index (χ0) is 19.2. The van der Waals surface area contributed by atoms with E-state index in [1.54, 1.807) is 32.4 Å². The molecule has 0 saturated carbocycles. The maximum atomic E-state index is 12.6. The second-order valence-corrected chi connectivity index (χ2v) is 7.30. The van der Waals surface area contributed by atoms with Crippen LogP contribution < -0.4 is 9.47 Å². The summed E-state index contributed by atoms with van der Waals surface area (Å²) in [4.78, 5) is 14.6. The van der Waals surface area contributed by atoms with Gasteiger partial charge in [-0.1, -0.05) is 18.7 Å². The van der Waals surface area contributed by atoms with Crippen LogP contribution in [0.4, 0.5) is 0 Å². The molecular formula is C19H25N3O4S. The molecule has 1 aliphatic rings. The average Bonchev–Trinajstić information content (AvgIpc) is 3.20. The number of thioether (sulfide) groups is 1. The van der Waals surface area contributed by atoms with Crippen molar-refractivity contribution in [2.45, 2.75) is 43.9 Å². The number of aromatic nitrogens is 2. The lowest BCUT2D eigenvalue weighted by molar-refractivity contribution is -0.132. The Bertz CT molecular complexity index is 780. The van der Waals surface area contributed by atoms with Crippen molar-refractivity contribution in [2.24, 2.45) is 0 Å². The fraction of sp³-hybridized carbons (Fsp3) is 0.526. The van der Waals surface area contributed by atoms with E-state index in [2.05, 4.69) is 17.1 Å². The van der Waals surface area contributed by atoms with Gasteiger partial charge in [0.05, 0.1) is 25.5 Å². The van der Waals surface area contributed by atoms with Gasteiger partial charge in [0.15, 0.2) is 0 Å². The van der Waals surface area contributed by atoms with Crippen LogP contribution in [-0.4, -0.2) is 53.6 Å². The van der Waals surface area contributed by atoms with Crippen molar-refractivity contribution < 1.29 is 18.7 Å². The molecule has 1 fully saturated rings. The molecular weight excluding hydrogens is 366 g/mol. The fourth-order valence-electron chi connectivity index (χ4n) is 3.32. The number of rotatable bonds is 7. The van der Waals surface area contributed by atoms with E-state index in [-0.39, 0.29) is 5.91 Å². The van der Waals surface area contributed by atoms with Crippen LogP contribution in [0.2, 0.25) is 0 Å². The molecule has 0 radical (unpaired) electrons. The molecule has 0 spiro atoms. The molecule has 7 nitrogen and oxygen atoms in total. The van der Waals surface area contributed by atoms with Crippen LogP contribution in [0.3, 0.4) is 0 Å². The van der Waals surface area contributed by atoms with Crippen molar-refractivity contribution in [1.29, 1.82) is 0 Å². The van der Waals surface area contributed by atoms with Crippen molar-refractivity contribution in [1.82, 2.24) is 15.1 Å². The number of nitrogens with zero attached hydrogens (tertiary/aromatic N) is 3. The molecule has 8 heteroatoms. The lowest BCUT2D eigenvalue weighted by atomic mass is 10.0. The minimum atomic E-state index is 0.130. The molecule has 1 atom stereocenters. The highest BCUT2D eigenvalue weighted by atomic mass is 32.2. The van der Waals surface area contributed by atoms with E-state index in [0.717, 1.165) is 25.8 Å². The number of likely N-dealkylation sites (tertiary alicyclic amines) is 1. The maximum absolute atomic E-state index is 12.6. The normalized spacial score (nSPS) is 17.0. The molecule has 1 saturated heterocycles. The molecule has 146 valence electrons. The molecule has 1 unspecified atom stereocenters. The van der Waals surface area contributed by atoms with Gasteiger partial charge in [-0.3, -0.25) is 4.79 Å².